The highest BCUT2D eigenvalue weighted by Crippen LogP contribution is 2.19. The highest BCUT2D eigenvalue weighted by molar-refractivity contribution is 7.89. The summed E-state index contributed by atoms with van der Waals surface area (Å²) in [7, 11) is -3.48. The van der Waals surface area contributed by atoms with E-state index in [1.807, 2.05) is 0 Å². The quantitative estimate of drug-likeness (QED) is 0.568. The number of carbonyl (C=O) groups is 1. The lowest BCUT2D eigenvalue weighted by atomic mass is 10.00. The van der Waals surface area contributed by atoms with Crippen LogP contribution >= 0.6 is 0 Å². The zero-order valence-corrected chi connectivity index (χ0v) is 19.9. The molecule has 8 heteroatoms. The summed E-state index contributed by atoms with van der Waals surface area (Å²) < 4.78 is 32.1. The Balaban J connectivity index is 1.15. The predicted molar refractivity (Wildman–Crippen MR) is 127 cm³/mol. The molecule has 33 heavy (non-hydrogen) atoms. The van der Waals surface area contributed by atoms with Gasteiger partial charge in [-0.2, -0.15) is 4.31 Å². The Labute approximate surface area is 196 Å². The molecule has 2 aromatic carbocycles. The number of benzene rings is 2. The van der Waals surface area contributed by atoms with Gasteiger partial charge < -0.3 is 10.1 Å². The first-order chi connectivity index (χ1) is 16.0. The molecule has 0 saturated carbocycles. The number of nitrogens with zero attached hydrogens (tertiary/aromatic N) is 2. The van der Waals surface area contributed by atoms with Crippen molar-refractivity contribution < 1.29 is 17.9 Å². The maximum atomic E-state index is 12.7. The van der Waals surface area contributed by atoms with Crippen molar-refractivity contribution >= 4 is 15.9 Å². The highest BCUT2D eigenvalue weighted by Gasteiger charge is 2.26. The largest absolute Gasteiger partial charge is 0.379 e. The summed E-state index contributed by atoms with van der Waals surface area (Å²) in [6.45, 7) is 5.34. The van der Waals surface area contributed by atoms with Crippen LogP contribution in [0.1, 0.15) is 29.5 Å². The average molecular weight is 472 g/mol. The van der Waals surface area contributed by atoms with Crippen LogP contribution in [0.5, 0.6) is 0 Å². The van der Waals surface area contributed by atoms with Crippen LogP contribution in [0.4, 0.5) is 0 Å². The Hall–Kier alpha value is -2.26. The Kier molecular flexibility index (Phi) is 8.14. The number of hydrogen-bond acceptors (Lipinski definition) is 5. The second-order valence-electron chi connectivity index (χ2n) is 8.66. The lowest BCUT2D eigenvalue weighted by Gasteiger charge is -2.28. The van der Waals surface area contributed by atoms with Gasteiger partial charge in [0.15, 0.2) is 0 Å². The molecule has 2 aliphatic heterocycles. The number of carbonyl (C=O) groups excluding carboxylic acids is 1. The fourth-order valence-corrected chi connectivity index (χ4v) is 5.79. The minimum Gasteiger partial charge on any atom is -0.379 e. The number of nitrogens with one attached hydrogen (secondary N) is 1. The van der Waals surface area contributed by atoms with E-state index in [4.69, 9.17) is 4.74 Å². The zero-order valence-electron chi connectivity index (χ0n) is 19.0. The molecule has 2 aliphatic rings. The van der Waals surface area contributed by atoms with Gasteiger partial charge in [0.05, 0.1) is 18.1 Å². The van der Waals surface area contributed by atoms with E-state index in [2.05, 4.69) is 34.5 Å². The lowest BCUT2D eigenvalue weighted by Crippen LogP contribution is -2.40. The maximum Gasteiger partial charge on any atom is 0.243 e. The minimum atomic E-state index is -3.48. The van der Waals surface area contributed by atoms with Gasteiger partial charge in [0.25, 0.3) is 0 Å². The second kappa shape index (κ2) is 11.2. The van der Waals surface area contributed by atoms with Crippen LogP contribution in [0.3, 0.4) is 0 Å². The molecule has 7 nitrogen and oxygen atoms in total. The van der Waals surface area contributed by atoms with Gasteiger partial charge in [0.1, 0.15) is 0 Å². The van der Waals surface area contributed by atoms with Crippen LogP contribution in [-0.4, -0.2) is 69.5 Å². The summed E-state index contributed by atoms with van der Waals surface area (Å²) in [5, 5.41) is 3.01. The number of morpholine rings is 1. The van der Waals surface area contributed by atoms with Crippen LogP contribution < -0.4 is 5.32 Å². The Bertz CT molecular complexity index is 1030. The molecular formula is C25H33N3O4S. The number of aryl methyl sites for hydroxylation is 1. The number of amides is 1. The molecular weight excluding hydrogens is 438 g/mol. The van der Waals surface area contributed by atoms with Crippen LogP contribution in [0, 0.1) is 0 Å². The summed E-state index contributed by atoms with van der Waals surface area (Å²) in [5.41, 5.74) is 3.82. The van der Waals surface area contributed by atoms with E-state index in [-0.39, 0.29) is 10.8 Å². The van der Waals surface area contributed by atoms with Crippen molar-refractivity contribution in [1.82, 2.24) is 14.5 Å². The second-order valence-corrected chi connectivity index (χ2v) is 10.6. The van der Waals surface area contributed by atoms with Crippen molar-refractivity contribution in [3.05, 3.63) is 65.2 Å². The van der Waals surface area contributed by atoms with Gasteiger partial charge in [-0.1, -0.05) is 36.4 Å². The fourth-order valence-electron chi connectivity index (χ4n) is 4.39. The molecule has 0 aliphatic carbocycles. The van der Waals surface area contributed by atoms with Crippen LogP contribution in [0.15, 0.2) is 53.4 Å². The molecule has 4 rings (SSSR count). The molecule has 2 heterocycles. The molecule has 1 fully saturated rings. The minimum absolute atomic E-state index is 0.0315. The van der Waals surface area contributed by atoms with Gasteiger partial charge in [-0.3, -0.25) is 9.69 Å². The smallest absolute Gasteiger partial charge is 0.243 e. The molecule has 2 aromatic rings. The average Bonchev–Trinajstić information content (AvgIpc) is 2.86. The third-order valence-electron chi connectivity index (χ3n) is 6.35. The fraction of sp³-hybridized carbons (Fsp3) is 0.480. The predicted octanol–water partition coefficient (Wildman–Crippen LogP) is 2.20. The topological polar surface area (TPSA) is 79.0 Å². The summed E-state index contributed by atoms with van der Waals surface area (Å²) in [4.78, 5) is 15.0. The third kappa shape index (κ3) is 6.41. The molecule has 1 saturated heterocycles. The van der Waals surface area contributed by atoms with E-state index in [1.165, 1.54) is 15.4 Å². The number of ether oxygens (including phenoxy) is 1. The molecule has 0 aromatic heterocycles. The summed E-state index contributed by atoms with van der Waals surface area (Å²) in [6.07, 6.45) is 3.01. The maximum absolute atomic E-state index is 12.7. The van der Waals surface area contributed by atoms with Crippen LogP contribution in [-0.2, 0) is 38.9 Å². The molecule has 1 N–H and O–H groups in total. The Morgan fingerprint density at radius 1 is 0.970 bits per heavy atom. The number of hydrogen-bond donors (Lipinski definition) is 1. The Morgan fingerprint density at radius 2 is 1.70 bits per heavy atom. The summed E-state index contributed by atoms with van der Waals surface area (Å²) >= 11 is 0. The molecule has 0 bridgehead atoms. The Morgan fingerprint density at radius 3 is 2.45 bits per heavy atom. The van der Waals surface area contributed by atoms with E-state index >= 15 is 0 Å². The number of sulfonamides is 1. The van der Waals surface area contributed by atoms with Gasteiger partial charge in [-0.15, -0.1) is 0 Å². The standard InChI is InChI=1S/C25H33N3O4S/c29-25(26-13-3-14-27-15-12-22-4-1-2-5-23(22)20-27)11-8-21-6-9-24(10-7-21)33(30,31)28-16-18-32-19-17-28/h1-2,4-7,9-10H,3,8,11-20H2,(H,26,29). The SMILES string of the molecule is O=C(CCc1ccc(S(=O)(=O)N2CCOCC2)cc1)NCCCN1CCc2ccccc2C1. The number of rotatable bonds is 9. The van der Waals surface area contributed by atoms with Crippen molar-refractivity contribution in [2.75, 3.05) is 45.9 Å². The van der Waals surface area contributed by atoms with E-state index < -0.39 is 10.0 Å². The summed E-state index contributed by atoms with van der Waals surface area (Å²) in [5.74, 6) is 0.0315. The van der Waals surface area contributed by atoms with E-state index in [9.17, 15) is 13.2 Å². The van der Waals surface area contributed by atoms with Crippen molar-refractivity contribution in [2.45, 2.75) is 37.1 Å². The lowest BCUT2D eigenvalue weighted by molar-refractivity contribution is -0.121. The van der Waals surface area contributed by atoms with Gasteiger partial charge in [0.2, 0.25) is 15.9 Å². The molecule has 0 radical (unpaired) electrons. The van der Waals surface area contributed by atoms with Gasteiger partial charge in [-0.25, -0.2) is 8.42 Å². The van der Waals surface area contributed by atoms with Gasteiger partial charge >= 0.3 is 0 Å². The first kappa shape index (κ1) is 23.9. The van der Waals surface area contributed by atoms with Crippen LogP contribution in [0.25, 0.3) is 0 Å². The first-order valence-corrected chi connectivity index (χ1v) is 13.2. The molecule has 0 unspecified atom stereocenters. The van der Waals surface area contributed by atoms with E-state index in [1.54, 1.807) is 24.3 Å². The molecule has 1 amide bonds. The summed E-state index contributed by atoms with van der Waals surface area (Å²) in [6, 6.07) is 15.5. The third-order valence-corrected chi connectivity index (χ3v) is 8.27. The van der Waals surface area contributed by atoms with E-state index in [0.29, 0.717) is 45.7 Å². The van der Waals surface area contributed by atoms with Crippen molar-refractivity contribution in [3.63, 3.8) is 0 Å². The van der Waals surface area contributed by atoms with Crippen molar-refractivity contribution in [3.8, 4) is 0 Å². The first-order valence-electron chi connectivity index (χ1n) is 11.7. The van der Waals surface area contributed by atoms with Gasteiger partial charge in [0, 0.05) is 45.7 Å². The van der Waals surface area contributed by atoms with Crippen LogP contribution in [0.2, 0.25) is 0 Å². The van der Waals surface area contributed by atoms with E-state index in [0.717, 1.165) is 38.0 Å². The zero-order chi connectivity index (χ0) is 23.1. The van der Waals surface area contributed by atoms with Gasteiger partial charge in [-0.05, 0) is 48.1 Å². The molecule has 0 spiro atoms. The number of fused-ring (bicyclic) bond motifs is 1. The van der Waals surface area contributed by atoms with Crippen molar-refractivity contribution in [1.29, 1.82) is 0 Å². The van der Waals surface area contributed by atoms with Crippen molar-refractivity contribution in [2.24, 2.45) is 0 Å². The normalized spacial score (nSPS) is 17.5. The molecule has 0 atom stereocenters. The highest BCUT2D eigenvalue weighted by atomic mass is 32.2. The molecule has 178 valence electrons. The monoisotopic (exact) mass is 471 g/mol.